The van der Waals surface area contributed by atoms with Crippen LogP contribution in [0.3, 0.4) is 0 Å². The van der Waals surface area contributed by atoms with E-state index in [2.05, 4.69) is 10.4 Å². The first-order valence-corrected chi connectivity index (χ1v) is 12.4. The van der Waals surface area contributed by atoms with Gasteiger partial charge in [0.25, 0.3) is 5.91 Å². The molecule has 1 aliphatic carbocycles. The zero-order valence-electron chi connectivity index (χ0n) is 20.2. The van der Waals surface area contributed by atoms with Gasteiger partial charge in [0.1, 0.15) is 5.78 Å². The molecular weight excluding hydrogens is 442 g/mol. The van der Waals surface area contributed by atoms with Gasteiger partial charge >= 0.3 is 0 Å². The Bertz CT molecular complexity index is 1060. The number of benzene rings is 2. The third-order valence-electron chi connectivity index (χ3n) is 6.68. The number of hydrogen-bond acceptors (Lipinski definition) is 5. The van der Waals surface area contributed by atoms with Gasteiger partial charge in [0.05, 0.1) is 12.5 Å². The number of rotatable bonds is 10. The summed E-state index contributed by atoms with van der Waals surface area (Å²) in [5.74, 6) is 0.547. The zero-order valence-corrected chi connectivity index (χ0v) is 20.2. The molecule has 1 unspecified atom stereocenters. The van der Waals surface area contributed by atoms with Crippen molar-refractivity contribution in [3.63, 3.8) is 0 Å². The summed E-state index contributed by atoms with van der Waals surface area (Å²) in [5, 5.41) is 8.91. The summed E-state index contributed by atoms with van der Waals surface area (Å²) >= 11 is 0. The minimum atomic E-state index is -0.198. The molecule has 1 N–H and O–H groups in total. The van der Waals surface area contributed by atoms with Crippen LogP contribution in [0, 0.1) is 5.92 Å². The lowest BCUT2D eigenvalue weighted by atomic mass is 9.83. The number of carbonyl (C=O) groups excluding carboxylic acids is 3. The second kappa shape index (κ2) is 11.8. The van der Waals surface area contributed by atoms with Crippen molar-refractivity contribution in [2.75, 3.05) is 13.2 Å². The van der Waals surface area contributed by atoms with E-state index in [0.29, 0.717) is 37.7 Å². The van der Waals surface area contributed by atoms with Crippen molar-refractivity contribution in [1.29, 1.82) is 0 Å². The van der Waals surface area contributed by atoms with Crippen LogP contribution in [-0.4, -0.2) is 41.7 Å². The van der Waals surface area contributed by atoms with E-state index in [4.69, 9.17) is 4.74 Å². The highest BCUT2D eigenvalue weighted by atomic mass is 16.5. The number of nitrogens with zero attached hydrogens (tertiary/aromatic N) is 2. The Balaban J connectivity index is 1.45. The number of carbonyl (C=O) groups is 3. The highest BCUT2D eigenvalue weighted by Crippen LogP contribution is 2.37. The molecule has 2 aromatic carbocycles. The summed E-state index contributed by atoms with van der Waals surface area (Å²) < 4.78 is 5.53. The van der Waals surface area contributed by atoms with Crippen molar-refractivity contribution in [2.45, 2.75) is 57.9 Å². The fourth-order valence-corrected chi connectivity index (χ4v) is 4.83. The third kappa shape index (κ3) is 6.56. The zero-order chi connectivity index (χ0) is 24.6. The lowest BCUT2D eigenvalue weighted by molar-refractivity contribution is -0.136. The first-order valence-electron chi connectivity index (χ1n) is 12.4. The number of hydrazone groups is 1. The van der Waals surface area contributed by atoms with Gasteiger partial charge in [-0.15, -0.1) is 5.10 Å². The van der Waals surface area contributed by atoms with E-state index in [9.17, 15) is 14.4 Å². The van der Waals surface area contributed by atoms with Crippen LogP contribution in [-0.2, 0) is 25.7 Å². The molecule has 2 aliphatic rings. The Morgan fingerprint density at radius 1 is 1.09 bits per heavy atom. The summed E-state index contributed by atoms with van der Waals surface area (Å²) in [6.45, 7) is 2.38. The van der Waals surface area contributed by atoms with Crippen molar-refractivity contribution in [3.8, 4) is 0 Å². The molecule has 4 rings (SSSR count). The summed E-state index contributed by atoms with van der Waals surface area (Å²) in [6, 6.07) is 17.5. The molecule has 0 radical (unpaired) electrons. The van der Waals surface area contributed by atoms with Crippen molar-refractivity contribution in [3.05, 3.63) is 71.3 Å². The van der Waals surface area contributed by atoms with Gasteiger partial charge in [0.2, 0.25) is 11.8 Å². The Morgan fingerprint density at radius 3 is 2.49 bits per heavy atom. The second-order valence-corrected chi connectivity index (χ2v) is 9.37. The molecule has 1 fully saturated rings. The minimum absolute atomic E-state index is 0.0358. The van der Waals surface area contributed by atoms with Crippen LogP contribution >= 0.6 is 0 Å². The number of hydrogen-bond donors (Lipinski definition) is 1. The lowest BCUT2D eigenvalue weighted by Crippen LogP contribution is -2.36. The maximum atomic E-state index is 13.1. The number of ketones is 1. The molecule has 7 nitrogen and oxygen atoms in total. The lowest BCUT2D eigenvalue weighted by Gasteiger charge is -2.25. The van der Waals surface area contributed by atoms with E-state index in [1.165, 1.54) is 5.01 Å². The second-order valence-electron chi connectivity index (χ2n) is 9.37. The van der Waals surface area contributed by atoms with Crippen LogP contribution in [0.4, 0.5) is 0 Å². The largest absolute Gasteiger partial charge is 0.466 e. The van der Waals surface area contributed by atoms with Gasteiger partial charge in [-0.25, -0.2) is 5.01 Å². The monoisotopic (exact) mass is 475 g/mol. The van der Waals surface area contributed by atoms with Crippen molar-refractivity contribution < 1.29 is 19.1 Å². The first kappa shape index (κ1) is 24.6. The van der Waals surface area contributed by atoms with Crippen LogP contribution in [0.2, 0.25) is 0 Å². The minimum Gasteiger partial charge on any atom is -0.466 e. The Morgan fingerprint density at radius 2 is 1.80 bits per heavy atom. The van der Waals surface area contributed by atoms with E-state index in [0.717, 1.165) is 42.4 Å². The van der Waals surface area contributed by atoms with Crippen molar-refractivity contribution in [2.24, 2.45) is 11.0 Å². The Hall–Kier alpha value is -3.48. The van der Waals surface area contributed by atoms with Crippen LogP contribution < -0.4 is 5.32 Å². The maximum absolute atomic E-state index is 13.1. The topological polar surface area (TPSA) is 88.1 Å². The highest BCUT2D eigenvalue weighted by Gasteiger charge is 2.32. The fourth-order valence-electron chi connectivity index (χ4n) is 4.83. The number of nitrogens with one attached hydrogen (secondary N) is 1. The molecule has 184 valence electrons. The van der Waals surface area contributed by atoms with Crippen LogP contribution in [0.25, 0.3) is 0 Å². The van der Waals surface area contributed by atoms with Gasteiger partial charge < -0.3 is 14.8 Å². The standard InChI is InChI=1S/C28H33N3O4/c1-20(32)8-7-17-29-27(34)26(22-9-5-6-10-22)23-15-13-21(14-16-23)18-31-25(33)19-35-28(30-31)24-11-3-2-4-12-24/h2-4,11-16,22,26H,5-10,17-19H2,1H3,(H,29,34). The van der Waals surface area contributed by atoms with E-state index in [-0.39, 0.29) is 30.1 Å². The van der Waals surface area contributed by atoms with E-state index >= 15 is 0 Å². The van der Waals surface area contributed by atoms with Gasteiger partial charge in [-0.2, -0.15) is 0 Å². The van der Waals surface area contributed by atoms with Crippen molar-refractivity contribution >= 4 is 23.5 Å². The highest BCUT2D eigenvalue weighted by molar-refractivity contribution is 5.97. The SMILES string of the molecule is CC(=O)CCCNC(=O)C(c1ccc(CN2N=C(c3ccccc3)OCC2=O)cc1)C1CCCC1. The molecule has 1 saturated carbocycles. The molecule has 0 aromatic heterocycles. The van der Waals surface area contributed by atoms with E-state index in [1.54, 1.807) is 6.92 Å². The van der Waals surface area contributed by atoms with Gasteiger partial charge in [-0.05, 0) is 55.4 Å². The summed E-state index contributed by atoms with van der Waals surface area (Å²) in [4.78, 5) is 36.7. The van der Waals surface area contributed by atoms with Crippen LogP contribution in [0.1, 0.15) is 68.1 Å². The number of ether oxygens (including phenoxy) is 1. The number of Topliss-reactive ketones (excluding diaryl/α,β-unsaturated/α-hetero) is 1. The first-order chi connectivity index (χ1) is 17.0. The van der Waals surface area contributed by atoms with Gasteiger partial charge in [0, 0.05) is 18.5 Å². The van der Waals surface area contributed by atoms with Gasteiger partial charge in [0.15, 0.2) is 6.61 Å². The average Bonchev–Trinajstić information content (AvgIpc) is 3.39. The smallest absolute Gasteiger partial charge is 0.281 e. The third-order valence-corrected chi connectivity index (χ3v) is 6.68. The van der Waals surface area contributed by atoms with Crippen LogP contribution in [0.15, 0.2) is 59.7 Å². The van der Waals surface area contributed by atoms with E-state index < -0.39 is 0 Å². The van der Waals surface area contributed by atoms with Crippen LogP contribution in [0.5, 0.6) is 0 Å². The predicted octanol–water partition coefficient (Wildman–Crippen LogP) is 4.17. The molecule has 1 aliphatic heterocycles. The summed E-state index contributed by atoms with van der Waals surface area (Å²) in [7, 11) is 0. The Kier molecular flexibility index (Phi) is 8.29. The molecule has 2 aromatic rings. The van der Waals surface area contributed by atoms with Gasteiger partial charge in [-0.1, -0.05) is 55.3 Å². The molecule has 1 atom stereocenters. The van der Waals surface area contributed by atoms with Crippen molar-refractivity contribution in [1.82, 2.24) is 10.3 Å². The normalized spacial score (nSPS) is 17.0. The predicted molar refractivity (Wildman–Crippen MR) is 134 cm³/mol. The summed E-state index contributed by atoms with van der Waals surface area (Å²) in [6.07, 6.45) is 5.54. The average molecular weight is 476 g/mol. The molecule has 0 spiro atoms. The molecule has 1 heterocycles. The fraction of sp³-hybridized carbons (Fsp3) is 0.429. The Labute approximate surface area is 206 Å². The maximum Gasteiger partial charge on any atom is 0.281 e. The quantitative estimate of drug-likeness (QED) is 0.523. The molecule has 0 bridgehead atoms. The number of amides is 2. The van der Waals surface area contributed by atoms with Gasteiger partial charge in [-0.3, -0.25) is 9.59 Å². The molecule has 2 amide bonds. The summed E-state index contributed by atoms with van der Waals surface area (Å²) in [5.41, 5.74) is 2.76. The van der Waals surface area contributed by atoms with E-state index in [1.807, 2.05) is 54.6 Å². The molecule has 0 saturated heterocycles. The molecule has 35 heavy (non-hydrogen) atoms. The molecule has 7 heteroatoms. The molecular formula is C28H33N3O4.